The lowest BCUT2D eigenvalue weighted by molar-refractivity contribution is 0.544. The first-order valence-electron chi connectivity index (χ1n) is 6.53. The Labute approximate surface area is 111 Å². The first kappa shape index (κ1) is 14.7. The molecule has 0 atom stereocenters. The van der Waals surface area contributed by atoms with Crippen LogP contribution in [0, 0.1) is 0 Å². The van der Waals surface area contributed by atoms with Crippen LogP contribution < -0.4 is 10.6 Å². The van der Waals surface area contributed by atoms with E-state index in [0.717, 1.165) is 24.0 Å². The van der Waals surface area contributed by atoms with Gasteiger partial charge >= 0.3 is 0 Å². The Morgan fingerprint density at radius 2 is 1.56 bits per heavy atom. The maximum absolute atomic E-state index is 4.61. The fourth-order valence-electron chi connectivity index (χ4n) is 1.50. The van der Waals surface area contributed by atoms with E-state index in [-0.39, 0.29) is 11.0 Å². The molecule has 0 aliphatic heterocycles. The molecular formula is C14H26N4. The van der Waals surface area contributed by atoms with Crippen LogP contribution in [0.4, 0.5) is 11.6 Å². The van der Waals surface area contributed by atoms with Gasteiger partial charge in [0.05, 0.1) is 0 Å². The third kappa shape index (κ3) is 4.51. The molecule has 0 spiro atoms. The molecule has 1 heterocycles. The van der Waals surface area contributed by atoms with Crippen LogP contribution in [0.3, 0.4) is 0 Å². The van der Waals surface area contributed by atoms with E-state index in [1.807, 2.05) is 6.07 Å². The second-order valence-corrected chi connectivity index (χ2v) is 6.62. The third-order valence-corrected chi connectivity index (χ3v) is 2.26. The summed E-state index contributed by atoms with van der Waals surface area (Å²) >= 11 is 0. The number of hydrogen-bond acceptors (Lipinski definition) is 4. The van der Waals surface area contributed by atoms with Crippen molar-refractivity contribution in [3.05, 3.63) is 11.9 Å². The van der Waals surface area contributed by atoms with Gasteiger partial charge in [-0.25, -0.2) is 9.97 Å². The Morgan fingerprint density at radius 3 is 2.00 bits per heavy atom. The number of nitrogens with one attached hydrogen (secondary N) is 2. The molecule has 0 aliphatic carbocycles. The van der Waals surface area contributed by atoms with Gasteiger partial charge < -0.3 is 10.6 Å². The molecule has 102 valence electrons. The van der Waals surface area contributed by atoms with Gasteiger partial charge in [0.1, 0.15) is 17.5 Å². The Bertz CT molecular complexity index is 399. The van der Waals surface area contributed by atoms with Crippen LogP contribution in [0.25, 0.3) is 0 Å². The van der Waals surface area contributed by atoms with E-state index in [2.05, 4.69) is 69.1 Å². The van der Waals surface area contributed by atoms with Crippen LogP contribution in [-0.2, 0) is 5.41 Å². The van der Waals surface area contributed by atoms with Crippen molar-refractivity contribution < 1.29 is 0 Å². The van der Waals surface area contributed by atoms with Crippen molar-refractivity contribution in [1.29, 1.82) is 0 Å². The summed E-state index contributed by atoms with van der Waals surface area (Å²) < 4.78 is 0. The molecule has 0 saturated heterocycles. The standard InChI is InChI=1S/C14H26N4/c1-8-15-10-9-11(18-14(5,6)7)17-12(16-10)13(2,3)4/h9H,8H2,1-7H3,(H2,15,16,17,18). The van der Waals surface area contributed by atoms with Gasteiger partial charge in [0, 0.05) is 23.6 Å². The molecule has 0 aromatic carbocycles. The Kier molecular flexibility index (Phi) is 4.20. The zero-order valence-corrected chi connectivity index (χ0v) is 12.7. The van der Waals surface area contributed by atoms with E-state index >= 15 is 0 Å². The second kappa shape index (κ2) is 5.12. The SMILES string of the molecule is CCNc1cc(NC(C)(C)C)nc(C(C)(C)C)n1. The number of anilines is 2. The summed E-state index contributed by atoms with van der Waals surface area (Å²) in [5.74, 6) is 2.61. The van der Waals surface area contributed by atoms with E-state index in [4.69, 9.17) is 0 Å². The van der Waals surface area contributed by atoms with Gasteiger partial charge in [-0.2, -0.15) is 0 Å². The van der Waals surface area contributed by atoms with Crippen molar-refractivity contribution in [2.24, 2.45) is 0 Å². The lowest BCUT2D eigenvalue weighted by Gasteiger charge is -2.24. The van der Waals surface area contributed by atoms with Crippen molar-refractivity contribution in [1.82, 2.24) is 9.97 Å². The summed E-state index contributed by atoms with van der Waals surface area (Å²) in [5, 5.41) is 6.66. The lowest BCUT2D eigenvalue weighted by Crippen LogP contribution is -2.28. The highest BCUT2D eigenvalue weighted by molar-refractivity contribution is 5.49. The van der Waals surface area contributed by atoms with E-state index in [0.29, 0.717) is 0 Å². The fourth-order valence-corrected chi connectivity index (χ4v) is 1.50. The van der Waals surface area contributed by atoms with E-state index in [1.165, 1.54) is 0 Å². The topological polar surface area (TPSA) is 49.8 Å². The summed E-state index contributed by atoms with van der Waals surface area (Å²) in [6.07, 6.45) is 0. The van der Waals surface area contributed by atoms with Crippen LogP contribution in [0.2, 0.25) is 0 Å². The molecule has 0 amide bonds. The Morgan fingerprint density at radius 1 is 1.00 bits per heavy atom. The number of hydrogen-bond donors (Lipinski definition) is 2. The lowest BCUT2D eigenvalue weighted by atomic mass is 9.95. The van der Waals surface area contributed by atoms with Gasteiger partial charge in [-0.05, 0) is 27.7 Å². The first-order chi connectivity index (χ1) is 8.12. The summed E-state index contributed by atoms with van der Waals surface area (Å²) in [6, 6.07) is 1.96. The quantitative estimate of drug-likeness (QED) is 0.863. The molecule has 0 bridgehead atoms. The van der Waals surface area contributed by atoms with Crippen molar-refractivity contribution in [2.75, 3.05) is 17.2 Å². The second-order valence-electron chi connectivity index (χ2n) is 6.62. The summed E-state index contributed by atoms with van der Waals surface area (Å²) in [6.45, 7) is 15.7. The van der Waals surface area contributed by atoms with Crippen molar-refractivity contribution in [3.63, 3.8) is 0 Å². The summed E-state index contributed by atoms with van der Waals surface area (Å²) in [5.41, 5.74) is -0.0628. The zero-order valence-electron chi connectivity index (χ0n) is 12.7. The minimum Gasteiger partial charge on any atom is -0.370 e. The van der Waals surface area contributed by atoms with E-state index in [9.17, 15) is 0 Å². The maximum Gasteiger partial charge on any atom is 0.138 e. The molecule has 0 saturated carbocycles. The van der Waals surface area contributed by atoms with Crippen LogP contribution in [0.5, 0.6) is 0 Å². The highest BCUT2D eigenvalue weighted by Gasteiger charge is 2.20. The number of nitrogens with zero attached hydrogens (tertiary/aromatic N) is 2. The average Bonchev–Trinajstić information content (AvgIpc) is 2.13. The Balaban J connectivity index is 3.14. The van der Waals surface area contributed by atoms with Crippen LogP contribution in [0.1, 0.15) is 54.3 Å². The van der Waals surface area contributed by atoms with Crippen LogP contribution >= 0.6 is 0 Å². The molecule has 0 aliphatic rings. The molecule has 2 N–H and O–H groups in total. The van der Waals surface area contributed by atoms with Crippen molar-refractivity contribution in [3.8, 4) is 0 Å². The third-order valence-electron chi connectivity index (χ3n) is 2.26. The van der Waals surface area contributed by atoms with Gasteiger partial charge in [-0.3, -0.25) is 0 Å². The molecule has 4 heteroatoms. The number of aromatic nitrogens is 2. The van der Waals surface area contributed by atoms with Gasteiger partial charge in [-0.15, -0.1) is 0 Å². The molecule has 1 aromatic heterocycles. The zero-order chi connectivity index (χ0) is 14.0. The highest BCUT2D eigenvalue weighted by Crippen LogP contribution is 2.23. The minimum absolute atomic E-state index is 0.00695. The molecule has 18 heavy (non-hydrogen) atoms. The van der Waals surface area contributed by atoms with Gasteiger partial charge in [0.25, 0.3) is 0 Å². The largest absolute Gasteiger partial charge is 0.370 e. The molecule has 0 radical (unpaired) electrons. The highest BCUT2D eigenvalue weighted by atomic mass is 15.1. The molecule has 0 unspecified atom stereocenters. The van der Waals surface area contributed by atoms with Crippen LogP contribution in [-0.4, -0.2) is 22.1 Å². The molecule has 1 aromatic rings. The smallest absolute Gasteiger partial charge is 0.138 e. The number of rotatable bonds is 3. The molecule has 4 nitrogen and oxygen atoms in total. The Hall–Kier alpha value is -1.32. The predicted molar refractivity (Wildman–Crippen MR) is 78.3 cm³/mol. The van der Waals surface area contributed by atoms with Gasteiger partial charge in [0.15, 0.2) is 0 Å². The normalized spacial score (nSPS) is 12.4. The van der Waals surface area contributed by atoms with E-state index < -0.39 is 0 Å². The van der Waals surface area contributed by atoms with Gasteiger partial charge in [-0.1, -0.05) is 20.8 Å². The maximum atomic E-state index is 4.61. The molecular weight excluding hydrogens is 224 g/mol. The average molecular weight is 250 g/mol. The van der Waals surface area contributed by atoms with Crippen molar-refractivity contribution in [2.45, 2.75) is 59.4 Å². The minimum atomic E-state index is -0.0558. The van der Waals surface area contributed by atoms with Gasteiger partial charge in [0.2, 0.25) is 0 Å². The summed E-state index contributed by atoms with van der Waals surface area (Å²) in [7, 11) is 0. The predicted octanol–water partition coefficient (Wildman–Crippen LogP) is 3.42. The van der Waals surface area contributed by atoms with Crippen molar-refractivity contribution >= 4 is 11.6 Å². The monoisotopic (exact) mass is 250 g/mol. The molecule has 1 rings (SSSR count). The summed E-state index contributed by atoms with van der Waals surface area (Å²) in [4.78, 5) is 9.17. The fraction of sp³-hybridized carbons (Fsp3) is 0.714. The van der Waals surface area contributed by atoms with Crippen LogP contribution in [0.15, 0.2) is 6.07 Å². The first-order valence-corrected chi connectivity index (χ1v) is 6.53. The molecule has 0 fully saturated rings. The van der Waals surface area contributed by atoms with E-state index in [1.54, 1.807) is 0 Å².